The molecule has 0 saturated heterocycles. The molecule has 1 aliphatic rings. The van der Waals surface area contributed by atoms with E-state index in [9.17, 15) is 4.79 Å². The Kier molecular flexibility index (Phi) is 6.25. The SMILES string of the molecule is CN=C(NCCCc1ccccc1)NCC(=O)N1CCc2ccccc21. The summed E-state index contributed by atoms with van der Waals surface area (Å²) in [5.41, 5.74) is 3.61. The van der Waals surface area contributed by atoms with Crippen LogP contribution in [0.4, 0.5) is 5.69 Å². The zero-order valence-corrected chi connectivity index (χ0v) is 15.2. The highest BCUT2D eigenvalue weighted by molar-refractivity contribution is 5.98. The molecule has 0 saturated carbocycles. The van der Waals surface area contributed by atoms with Crippen LogP contribution in [0.25, 0.3) is 0 Å². The summed E-state index contributed by atoms with van der Waals surface area (Å²) in [6.45, 7) is 1.81. The summed E-state index contributed by atoms with van der Waals surface area (Å²) in [4.78, 5) is 18.6. The van der Waals surface area contributed by atoms with Crippen molar-refractivity contribution in [2.45, 2.75) is 19.3 Å². The first-order valence-corrected chi connectivity index (χ1v) is 9.14. The number of nitrogens with one attached hydrogen (secondary N) is 2. The van der Waals surface area contributed by atoms with Gasteiger partial charge in [-0.05, 0) is 36.5 Å². The van der Waals surface area contributed by atoms with E-state index in [4.69, 9.17) is 0 Å². The molecule has 2 aromatic rings. The fourth-order valence-electron chi connectivity index (χ4n) is 3.22. The van der Waals surface area contributed by atoms with Gasteiger partial charge in [0.05, 0.1) is 6.54 Å². The van der Waals surface area contributed by atoms with E-state index in [1.54, 1.807) is 7.05 Å². The van der Waals surface area contributed by atoms with Crippen molar-refractivity contribution in [1.29, 1.82) is 0 Å². The lowest BCUT2D eigenvalue weighted by Crippen LogP contribution is -2.44. The van der Waals surface area contributed by atoms with Crippen LogP contribution < -0.4 is 15.5 Å². The van der Waals surface area contributed by atoms with Gasteiger partial charge in [0.15, 0.2) is 5.96 Å². The zero-order chi connectivity index (χ0) is 18.2. The summed E-state index contributed by atoms with van der Waals surface area (Å²) in [5, 5.41) is 6.40. The number of carbonyl (C=O) groups excluding carboxylic acids is 1. The molecular weight excluding hydrogens is 324 g/mol. The van der Waals surface area contributed by atoms with Crippen LogP contribution in [0.1, 0.15) is 17.5 Å². The predicted octanol–water partition coefficient (Wildman–Crippen LogP) is 2.37. The maximum Gasteiger partial charge on any atom is 0.246 e. The van der Waals surface area contributed by atoms with Gasteiger partial charge >= 0.3 is 0 Å². The third-order valence-electron chi connectivity index (χ3n) is 4.60. The molecule has 1 amide bonds. The molecule has 0 unspecified atom stereocenters. The molecule has 3 rings (SSSR count). The summed E-state index contributed by atoms with van der Waals surface area (Å²) in [7, 11) is 1.72. The minimum atomic E-state index is 0.0715. The molecule has 0 bridgehead atoms. The van der Waals surface area contributed by atoms with Crippen LogP contribution in [0.3, 0.4) is 0 Å². The van der Waals surface area contributed by atoms with E-state index < -0.39 is 0 Å². The average molecular weight is 350 g/mol. The van der Waals surface area contributed by atoms with Crippen molar-refractivity contribution in [3.63, 3.8) is 0 Å². The molecule has 5 nitrogen and oxygen atoms in total. The minimum absolute atomic E-state index is 0.0715. The van der Waals surface area contributed by atoms with Crippen molar-refractivity contribution < 1.29 is 4.79 Å². The van der Waals surface area contributed by atoms with Crippen molar-refractivity contribution in [1.82, 2.24) is 10.6 Å². The monoisotopic (exact) mass is 350 g/mol. The molecule has 1 heterocycles. The predicted molar refractivity (Wildman–Crippen MR) is 107 cm³/mol. The third kappa shape index (κ3) is 4.63. The largest absolute Gasteiger partial charge is 0.356 e. The van der Waals surface area contributed by atoms with Crippen LogP contribution in [0.2, 0.25) is 0 Å². The lowest BCUT2D eigenvalue weighted by Gasteiger charge is -2.18. The van der Waals surface area contributed by atoms with Gasteiger partial charge in [0, 0.05) is 25.8 Å². The number of benzene rings is 2. The number of rotatable bonds is 6. The molecular formula is C21H26N4O. The molecule has 0 aromatic heterocycles. The van der Waals surface area contributed by atoms with Crippen LogP contribution in [0.5, 0.6) is 0 Å². The number of hydrogen-bond acceptors (Lipinski definition) is 2. The first kappa shape index (κ1) is 18.0. The van der Waals surface area contributed by atoms with E-state index in [0.29, 0.717) is 5.96 Å². The number of carbonyl (C=O) groups is 1. The molecule has 5 heteroatoms. The quantitative estimate of drug-likeness (QED) is 0.478. The third-order valence-corrected chi connectivity index (χ3v) is 4.60. The summed E-state index contributed by atoms with van der Waals surface area (Å²) in [6.07, 6.45) is 2.96. The molecule has 1 aliphatic heterocycles. The van der Waals surface area contributed by atoms with E-state index in [1.807, 2.05) is 29.2 Å². The van der Waals surface area contributed by atoms with Gasteiger partial charge in [0.2, 0.25) is 5.91 Å². The maximum atomic E-state index is 12.5. The molecule has 0 aliphatic carbocycles. The zero-order valence-electron chi connectivity index (χ0n) is 15.2. The Bertz CT molecular complexity index is 758. The number of guanidine groups is 1. The number of nitrogens with zero attached hydrogens (tertiary/aromatic N) is 2. The maximum absolute atomic E-state index is 12.5. The standard InChI is InChI=1S/C21H26N4O/c1-22-21(23-14-7-10-17-8-3-2-4-9-17)24-16-20(26)25-15-13-18-11-5-6-12-19(18)25/h2-6,8-9,11-12H,7,10,13-16H2,1H3,(H2,22,23,24). The molecule has 0 radical (unpaired) electrons. The number of anilines is 1. The van der Waals surface area contributed by atoms with E-state index in [2.05, 4.69) is 46.0 Å². The fraction of sp³-hybridized carbons (Fsp3) is 0.333. The van der Waals surface area contributed by atoms with Crippen molar-refractivity contribution in [3.05, 3.63) is 65.7 Å². The molecule has 26 heavy (non-hydrogen) atoms. The second-order valence-corrected chi connectivity index (χ2v) is 6.37. The van der Waals surface area contributed by atoms with E-state index in [0.717, 1.165) is 38.0 Å². The molecule has 0 spiro atoms. The lowest BCUT2D eigenvalue weighted by molar-refractivity contribution is -0.117. The highest BCUT2D eigenvalue weighted by Crippen LogP contribution is 2.27. The van der Waals surface area contributed by atoms with Gasteiger partial charge < -0.3 is 15.5 Å². The Morgan fingerprint density at radius 2 is 1.85 bits per heavy atom. The van der Waals surface area contributed by atoms with Crippen molar-refractivity contribution in [2.75, 3.05) is 31.6 Å². The van der Waals surface area contributed by atoms with Gasteiger partial charge in [-0.15, -0.1) is 0 Å². The molecule has 0 fully saturated rings. The van der Waals surface area contributed by atoms with Gasteiger partial charge in [-0.25, -0.2) is 0 Å². The van der Waals surface area contributed by atoms with Crippen LogP contribution in [-0.2, 0) is 17.6 Å². The number of para-hydroxylation sites is 1. The molecule has 2 N–H and O–H groups in total. The molecule has 136 valence electrons. The highest BCUT2D eigenvalue weighted by atomic mass is 16.2. The van der Waals surface area contributed by atoms with Crippen LogP contribution in [-0.4, -0.2) is 38.5 Å². The van der Waals surface area contributed by atoms with Crippen LogP contribution in [0.15, 0.2) is 59.6 Å². The van der Waals surface area contributed by atoms with Crippen molar-refractivity contribution in [2.24, 2.45) is 4.99 Å². The summed E-state index contributed by atoms with van der Waals surface area (Å²) in [5.74, 6) is 0.737. The molecule has 2 aromatic carbocycles. The summed E-state index contributed by atoms with van der Waals surface area (Å²) in [6, 6.07) is 18.5. The van der Waals surface area contributed by atoms with Gasteiger partial charge in [-0.3, -0.25) is 9.79 Å². The number of fused-ring (bicyclic) bond motifs is 1. The summed E-state index contributed by atoms with van der Waals surface area (Å²) >= 11 is 0. The Morgan fingerprint density at radius 3 is 2.65 bits per heavy atom. The number of hydrogen-bond donors (Lipinski definition) is 2. The van der Waals surface area contributed by atoms with E-state index >= 15 is 0 Å². The number of aryl methyl sites for hydroxylation is 1. The second-order valence-electron chi connectivity index (χ2n) is 6.37. The Morgan fingerprint density at radius 1 is 1.08 bits per heavy atom. The normalized spacial score (nSPS) is 13.4. The smallest absolute Gasteiger partial charge is 0.246 e. The summed E-state index contributed by atoms with van der Waals surface area (Å²) < 4.78 is 0. The molecule has 0 atom stereocenters. The Labute approximate surface area is 155 Å². The Balaban J connectivity index is 1.41. The van der Waals surface area contributed by atoms with Crippen molar-refractivity contribution >= 4 is 17.6 Å². The van der Waals surface area contributed by atoms with E-state index in [1.165, 1.54) is 11.1 Å². The fourth-order valence-corrected chi connectivity index (χ4v) is 3.22. The average Bonchev–Trinajstić information content (AvgIpc) is 3.12. The topological polar surface area (TPSA) is 56.7 Å². The van der Waals surface area contributed by atoms with Gasteiger partial charge in [0.1, 0.15) is 0 Å². The van der Waals surface area contributed by atoms with Gasteiger partial charge in [-0.1, -0.05) is 48.5 Å². The van der Waals surface area contributed by atoms with Crippen LogP contribution >= 0.6 is 0 Å². The van der Waals surface area contributed by atoms with Crippen LogP contribution in [0, 0.1) is 0 Å². The Hall–Kier alpha value is -2.82. The number of amides is 1. The lowest BCUT2D eigenvalue weighted by atomic mass is 10.1. The van der Waals surface area contributed by atoms with Crippen molar-refractivity contribution in [3.8, 4) is 0 Å². The van der Waals surface area contributed by atoms with E-state index in [-0.39, 0.29) is 12.5 Å². The number of aliphatic imine (C=N–C) groups is 1. The minimum Gasteiger partial charge on any atom is -0.356 e. The first-order chi connectivity index (χ1) is 12.8. The van der Waals surface area contributed by atoms with Gasteiger partial charge in [0.25, 0.3) is 0 Å². The van der Waals surface area contributed by atoms with Gasteiger partial charge in [-0.2, -0.15) is 0 Å². The first-order valence-electron chi connectivity index (χ1n) is 9.14. The second kappa shape index (κ2) is 9.04. The highest BCUT2D eigenvalue weighted by Gasteiger charge is 2.23.